The van der Waals surface area contributed by atoms with Crippen LogP contribution in [0.25, 0.3) is 0 Å². The van der Waals surface area contributed by atoms with Crippen LogP contribution in [0.3, 0.4) is 0 Å². The number of ketones is 1. The number of nitrogens with zero attached hydrogens (tertiary/aromatic N) is 1. The summed E-state index contributed by atoms with van der Waals surface area (Å²) in [6.45, 7) is 0.680. The highest BCUT2D eigenvalue weighted by Crippen LogP contribution is 2.01. The van der Waals surface area contributed by atoms with Crippen molar-refractivity contribution in [2.75, 3.05) is 5.88 Å². The van der Waals surface area contributed by atoms with Crippen LogP contribution in [0.15, 0.2) is 54.7 Å². The number of carbonyl (C=O) groups excluding carboxylic acids is 1. The lowest BCUT2D eigenvalue weighted by atomic mass is 10.2. The molecule has 0 spiro atoms. The Balaban J connectivity index is 2.30. The minimum absolute atomic E-state index is 0.0127. The van der Waals surface area contributed by atoms with E-state index in [-0.39, 0.29) is 11.7 Å². The fourth-order valence-corrected chi connectivity index (χ4v) is 1.85. The van der Waals surface area contributed by atoms with E-state index in [1.54, 1.807) is 6.07 Å². The van der Waals surface area contributed by atoms with Gasteiger partial charge in [0.1, 0.15) is 0 Å². The van der Waals surface area contributed by atoms with Crippen molar-refractivity contribution < 1.29 is 9.36 Å². The summed E-state index contributed by atoms with van der Waals surface area (Å²) in [5, 5.41) is 0. The minimum Gasteiger partial charge on any atom is -0.286 e. The monoisotopic (exact) mass is 246 g/mol. The van der Waals surface area contributed by atoms with Gasteiger partial charge in [0.25, 0.3) is 0 Å². The van der Waals surface area contributed by atoms with Crippen LogP contribution in [-0.2, 0) is 6.54 Å². The van der Waals surface area contributed by atoms with Gasteiger partial charge in [-0.15, -0.1) is 11.6 Å². The van der Waals surface area contributed by atoms with E-state index in [2.05, 4.69) is 0 Å². The lowest BCUT2D eigenvalue weighted by Crippen LogP contribution is -2.40. The van der Waals surface area contributed by atoms with Crippen LogP contribution >= 0.6 is 11.6 Å². The topological polar surface area (TPSA) is 20.9 Å². The second kappa shape index (κ2) is 5.60. The van der Waals surface area contributed by atoms with Crippen molar-refractivity contribution in [3.63, 3.8) is 0 Å². The fraction of sp³-hybridized carbons (Fsp3) is 0.143. The van der Waals surface area contributed by atoms with E-state index in [1.165, 1.54) is 0 Å². The van der Waals surface area contributed by atoms with Gasteiger partial charge in [-0.1, -0.05) is 30.3 Å². The van der Waals surface area contributed by atoms with E-state index in [4.69, 9.17) is 11.6 Å². The average molecular weight is 247 g/mol. The molecule has 0 atom stereocenters. The number of rotatable bonds is 4. The van der Waals surface area contributed by atoms with Crippen molar-refractivity contribution in [1.29, 1.82) is 0 Å². The van der Waals surface area contributed by atoms with Gasteiger partial charge in [-0.3, -0.25) is 4.79 Å². The molecule has 3 heteroatoms. The normalized spacial score (nSPS) is 10.2. The van der Waals surface area contributed by atoms with Crippen LogP contribution in [0, 0.1) is 0 Å². The Morgan fingerprint density at radius 3 is 2.47 bits per heavy atom. The standard InChI is InChI=1S/C14H13ClNO/c15-10-14(17)13-8-4-5-9-16(13)11-12-6-2-1-3-7-12/h1-9H,10-11H2/q+1. The first-order chi connectivity index (χ1) is 8.31. The molecule has 2 rings (SSSR count). The molecule has 0 N–H and O–H groups in total. The van der Waals surface area contributed by atoms with Gasteiger partial charge in [0.05, 0.1) is 5.88 Å². The second-order valence-corrected chi connectivity index (χ2v) is 4.02. The smallest absolute Gasteiger partial charge is 0.250 e. The molecule has 0 aliphatic heterocycles. The zero-order chi connectivity index (χ0) is 12.1. The number of alkyl halides is 1. The van der Waals surface area contributed by atoms with Crippen LogP contribution in [0.2, 0.25) is 0 Å². The first kappa shape index (κ1) is 11.8. The molecule has 17 heavy (non-hydrogen) atoms. The third-order valence-corrected chi connectivity index (χ3v) is 2.79. The number of hydrogen-bond donors (Lipinski definition) is 0. The van der Waals surface area contributed by atoms with Gasteiger partial charge in [0.2, 0.25) is 11.5 Å². The third kappa shape index (κ3) is 2.92. The molecule has 2 aromatic rings. The number of hydrogen-bond acceptors (Lipinski definition) is 1. The number of benzene rings is 1. The number of carbonyl (C=O) groups is 1. The molecule has 0 aliphatic carbocycles. The number of aromatic nitrogens is 1. The van der Waals surface area contributed by atoms with Crippen molar-refractivity contribution in [2.24, 2.45) is 0 Å². The molecule has 0 unspecified atom stereocenters. The predicted molar refractivity (Wildman–Crippen MR) is 67.2 cm³/mol. The highest BCUT2D eigenvalue weighted by molar-refractivity contribution is 6.29. The van der Waals surface area contributed by atoms with E-state index in [9.17, 15) is 4.79 Å². The summed E-state index contributed by atoms with van der Waals surface area (Å²) in [4.78, 5) is 11.7. The van der Waals surface area contributed by atoms with E-state index in [0.717, 1.165) is 5.56 Å². The van der Waals surface area contributed by atoms with Crippen molar-refractivity contribution in [3.05, 3.63) is 66.0 Å². The zero-order valence-electron chi connectivity index (χ0n) is 9.34. The van der Waals surface area contributed by atoms with Crippen LogP contribution < -0.4 is 4.57 Å². The zero-order valence-corrected chi connectivity index (χ0v) is 10.1. The summed E-state index contributed by atoms with van der Waals surface area (Å²) < 4.78 is 1.92. The molecule has 0 saturated heterocycles. The molecule has 1 aromatic heterocycles. The maximum absolute atomic E-state index is 11.7. The van der Waals surface area contributed by atoms with E-state index >= 15 is 0 Å². The fourth-order valence-electron chi connectivity index (χ4n) is 1.72. The molecule has 0 amide bonds. The van der Waals surface area contributed by atoms with E-state index < -0.39 is 0 Å². The Morgan fingerprint density at radius 1 is 1.06 bits per heavy atom. The Morgan fingerprint density at radius 2 is 1.76 bits per heavy atom. The number of Topliss-reactive ketones (excluding diaryl/α,β-unsaturated/α-hetero) is 1. The second-order valence-electron chi connectivity index (χ2n) is 3.76. The van der Waals surface area contributed by atoms with Crippen LogP contribution in [0.1, 0.15) is 16.1 Å². The predicted octanol–water partition coefficient (Wildman–Crippen LogP) is 2.44. The minimum atomic E-state index is -0.0526. The van der Waals surface area contributed by atoms with Gasteiger partial charge < -0.3 is 0 Å². The summed E-state index contributed by atoms with van der Waals surface area (Å²) in [6.07, 6.45) is 1.90. The van der Waals surface area contributed by atoms with Crippen LogP contribution in [0.5, 0.6) is 0 Å². The summed E-state index contributed by atoms with van der Waals surface area (Å²) in [7, 11) is 0. The van der Waals surface area contributed by atoms with Gasteiger partial charge in [0, 0.05) is 17.7 Å². The third-order valence-electron chi connectivity index (χ3n) is 2.54. The van der Waals surface area contributed by atoms with Gasteiger partial charge >= 0.3 is 0 Å². The van der Waals surface area contributed by atoms with E-state index in [0.29, 0.717) is 12.2 Å². The largest absolute Gasteiger partial charge is 0.286 e. The lowest BCUT2D eigenvalue weighted by Gasteiger charge is -2.01. The van der Waals surface area contributed by atoms with Gasteiger partial charge in [-0.25, -0.2) is 0 Å². The first-order valence-corrected chi connectivity index (χ1v) is 5.96. The molecule has 0 bridgehead atoms. The van der Waals surface area contributed by atoms with Crippen molar-refractivity contribution in [1.82, 2.24) is 0 Å². The SMILES string of the molecule is O=C(CCl)c1cccc[n+]1Cc1ccccc1. The molecule has 0 radical (unpaired) electrons. The van der Waals surface area contributed by atoms with Crippen LogP contribution in [0.4, 0.5) is 0 Å². The molecular formula is C14H13ClNO+. The summed E-state index contributed by atoms with van der Waals surface area (Å²) >= 11 is 5.60. The molecule has 2 nitrogen and oxygen atoms in total. The summed E-state index contributed by atoms with van der Waals surface area (Å²) in [5.41, 5.74) is 1.80. The molecule has 86 valence electrons. The van der Waals surface area contributed by atoms with Gasteiger partial charge in [-0.05, 0) is 6.07 Å². The lowest BCUT2D eigenvalue weighted by molar-refractivity contribution is -0.690. The maximum Gasteiger partial charge on any atom is 0.250 e. The molecule has 0 aliphatic rings. The highest BCUT2D eigenvalue weighted by Gasteiger charge is 2.17. The van der Waals surface area contributed by atoms with Gasteiger partial charge in [-0.2, -0.15) is 4.57 Å². The Kier molecular flexibility index (Phi) is 3.89. The Labute approximate surface area is 105 Å². The molecule has 0 fully saturated rings. The van der Waals surface area contributed by atoms with Crippen LogP contribution in [-0.4, -0.2) is 11.7 Å². The summed E-state index contributed by atoms with van der Waals surface area (Å²) in [6, 6.07) is 15.6. The average Bonchev–Trinajstić information content (AvgIpc) is 2.40. The molecule has 0 saturated carbocycles. The molecular weight excluding hydrogens is 234 g/mol. The maximum atomic E-state index is 11.7. The Bertz CT molecular complexity index is 511. The van der Waals surface area contributed by atoms with Crippen molar-refractivity contribution in [3.8, 4) is 0 Å². The first-order valence-electron chi connectivity index (χ1n) is 5.43. The van der Waals surface area contributed by atoms with Gasteiger partial charge in [0.15, 0.2) is 12.7 Å². The number of halogens is 1. The Hall–Kier alpha value is -1.67. The highest BCUT2D eigenvalue weighted by atomic mass is 35.5. The van der Waals surface area contributed by atoms with Crippen molar-refractivity contribution >= 4 is 17.4 Å². The molecule has 1 heterocycles. The quantitative estimate of drug-likeness (QED) is 0.461. The molecule has 1 aromatic carbocycles. The summed E-state index contributed by atoms with van der Waals surface area (Å²) in [5.74, 6) is -0.0399. The van der Waals surface area contributed by atoms with Crippen molar-refractivity contribution in [2.45, 2.75) is 6.54 Å². The number of pyridine rings is 1. The van der Waals surface area contributed by atoms with E-state index in [1.807, 2.05) is 53.2 Å².